The molecule has 0 saturated heterocycles. The molecule has 0 aliphatic rings. The molecule has 0 aliphatic heterocycles. The van der Waals surface area contributed by atoms with Crippen LogP contribution in [0, 0.1) is 0 Å². The summed E-state index contributed by atoms with van der Waals surface area (Å²) in [6, 6.07) is 2.86. The zero-order chi connectivity index (χ0) is 14.8. The molecule has 1 atom stereocenters. The van der Waals surface area contributed by atoms with Crippen molar-refractivity contribution in [1.82, 2.24) is 14.3 Å². The standard InChI is InChI=1S/C11H14N4O2S3/c1-8(6-15-5-4-13-7-15)14-20(16,17)10-3-2-9(19-10)11(12)18/h2-5,7-8,14H,6H2,1H3,(H2,12,18). The van der Waals surface area contributed by atoms with Crippen LogP contribution in [-0.2, 0) is 16.6 Å². The third kappa shape index (κ3) is 3.63. The summed E-state index contributed by atoms with van der Waals surface area (Å²) in [5, 5.41) is 0. The Bertz CT molecular complexity index is 691. The van der Waals surface area contributed by atoms with Gasteiger partial charge < -0.3 is 10.3 Å². The highest BCUT2D eigenvalue weighted by molar-refractivity contribution is 7.91. The monoisotopic (exact) mass is 330 g/mol. The Hall–Kier alpha value is -1.29. The maximum absolute atomic E-state index is 12.2. The van der Waals surface area contributed by atoms with E-state index in [1.54, 1.807) is 31.7 Å². The van der Waals surface area contributed by atoms with Crippen molar-refractivity contribution in [3.63, 3.8) is 0 Å². The lowest BCUT2D eigenvalue weighted by molar-refractivity contribution is 0.521. The third-order valence-electron chi connectivity index (χ3n) is 2.49. The van der Waals surface area contributed by atoms with Crippen molar-refractivity contribution in [2.75, 3.05) is 0 Å². The van der Waals surface area contributed by atoms with Crippen LogP contribution in [0.1, 0.15) is 11.8 Å². The van der Waals surface area contributed by atoms with Crippen LogP contribution < -0.4 is 10.5 Å². The summed E-state index contributed by atoms with van der Waals surface area (Å²) in [6.45, 7) is 2.30. The summed E-state index contributed by atoms with van der Waals surface area (Å²) in [6.07, 6.45) is 5.07. The van der Waals surface area contributed by atoms with Crippen LogP contribution in [0.4, 0.5) is 0 Å². The van der Waals surface area contributed by atoms with Crippen LogP contribution in [0.15, 0.2) is 35.1 Å². The Labute approximate surface area is 126 Å². The third-order valence-corrected chi connectivity index (χ3v) is 6.04. The second-order valence-electron chi connectivity index (χ2n) is 4.26. The van der Waals surface area contributed by atoms with E-state index in [-0.39, 0.29) is 15.2 Å². The lowest BCUT2D eigenvalue weighted by Gasteiger charge is -2.13. The minimum atomic E-state index is -3.56. The Balaban J connectivity index is 2.08. The number of nitrogens with zero attached hydrogens (tertiary/aromatic N) is 2. The topological polar surface area (TPSA) is 90.0 Å². The van der Waals surface area contributed by atoms with E-state index < -0.39 is 10.0 Å². The highest BCUT2D eigenvalue weighted by atomic mass is 32.2. The minimum Gasteiger partial charge on any atom is -0.389 e. The number of hydrogen-bond donors (Lipinski definition) is 2. The number of sulfonamides is 1. The fourth-order valence-electron chi connectivity index (χ4n) is 1.67. The van der Waals surface area contributed by atoms with Crippen molar-refractivity contribution >= 4 is 38.6 Å². The van der Waals surface area contributed by atoms with Crippen LogP contribution in [0.3, 0.4) is 0 Å². The number of nitrogens with one attached hydrogen (secondary N) is 1. The molecule has 0 amide bonds. The van der Waals surface area contributed by atoms with Crippen molar-refractivity contribution in [2.24, 2.45) is 5.73 Å². The first-order valence-corrected chi connectivity index (χ1v) is 8.47. The van der Waals surface area contributed by atoms with E-state index in [0.29, 0.717) is 11.4 Å². The largest absolute Gasteiger partial charge is 0.389 e. The fourth-order valence-corrected chi connectivity index (χ4v) is 4.27. The maximum Gasteiger partial charge on any atom is 0.250 e. The van der Waals surface area contributed by atoms with Gasteiger partial charge in [-0.2, -0.15) is 0 Å². The second kappa shape index (κ2) is 6.00. The molecule has 0 aliphatic carbocycles. The van der Waals surface area contributed by atoms with Gasteiger partial charge in [0.1, 0.15) is 9.20 Å². The Morgan fingerprint density at radius 1 is 1.60 bits per heavy atom. The van der Waals surface area contributed by atoms with Gasteiger partial charge in [-0.1, -0.05) is 12.2 Å². The molecule has 3 N–H and O–H groups in total. The van der Waals surface area contributed by atoms with E-state index in [1.807, 2.05) is 4.57 Å². The van der Waals surface area contributed by atoms with Crippen molar-refractivity contribution < 1.29 is 8.42 Å². The smallest absolute Gasteiger partial charge is 0.250 e. The van der Waals surface area contributed by atoms with Gasteiger partial charge in [0, 0.05) is 25.0 Å². The molecule has 0 bridgehead atoms. The lowest BCUT2D eigenvalue weighted by atomic mass is 10.4. The van der Waals surface area contributed by atoms with Crippen LogP contribution in [0.25, 0.3) is 0 Å². The summed E-state index contributed by atoms with van der Waals surface area (Å²) in [5.41, 5.74) is 5.48. The molecule has 6 nitrogen and oxygen atoms in total. The number of rotatable bonds is 6. The summed E-state index contributed by atoms with van der Waals surface area (Å²) in [7, 11) is -3.56. The van der Waals surface area contributed by atoms with Gasteiger partial charge >= 0.3 is 0 Å². The van der Waals surface area contributed by atoms with Crippen molar-refractivity contribution in [2.45, 2.75) is 23.7 Å². The van der Waals surface area contributed by atoms with Crippen molar-refractivity contribution in [3.8, 4) is 0 Å². The quantitative estimate of drug-likeness (QED) is 0.770. The maximum atomic E-state index is 12.2. The molecule has 0 spiro atoms. The van der Waals surface area contributed by atoms with E-state index in [9.17, 15) is 8.42 Å². The van der Waals surface area contributed by atoms with E-state index in [0.717, 1.165) is 11.3 Å². The predicted molar refractivity (Wildman–Crippen MR) is 82.2 cm³/mol. The molecular weight excluding hydrogens is 316 g/mol. The van der Waals surface area contributed by atoms with Crippen LogP contribution >= 0.6 is 23.6 Å². The zero-order valence-electron chi connectivity index (χ0n) is 10.7. The first-order chi connectivity index (χ1) is 9.38. The zero-order valence-corrected chi connectivity index (χ0v) is 13.1. The van der Waals surface area contributed by atoms with Gasteiger partial charge in [-0.25, -0.2) is 18.1 Å². The number of aromatic nitrogens is 2. The molecule has 2 rings (SSSR count). The normalized spacial score (nSPS) is 13.2. The molecule has 0 fully saturated rings. The number of nitrogens with two attached hydrogens (primary N) is 1. The fraction of sp³-hybridized carbons (Fsp3) is 0.273. The molecule has 0 aromatic carbocycles. The molecule has 1 unspecified atom stereocenters. The van der Waals surface area contributed by atoms with Gasteiger partial charge in [0.25, 0.3) is 0 Å². The average molecular weight is 330 g/mol. The SMILES string of the molecule is CC(Cn1ccnc1)NS(=O)(=O)c1ccc(C(N)=S)s1. The van der Waals surface area contributed by atoms with E-state index in [1.165, 1.54) is 6.07 Å². The van der Waals surface area contributed by atoms with Crippen LogP contribution in [-0.4, -0.2) is 29.0 Å². The molecule has 0 saturated carbocycles. The summed E-state index contributed by atoms with van der Waals surface area (Å²) < 4.78 is 29.0. The molecule has 20 heavy (non-hydrogen) atoms. The first-order valence-electron chi connectivity index (χ1n) is 5.76. The summed E-state index contributed by atoms with van der Waals surface area (Å²) >= 11 is 5.89. The molecule has 9 heteroatoms. The second-order valence-corrected chi connectivity index (χ2v) is 7.73. The Morgan fingerprint density at radius 2 is 2.35 bits per heavy atom. The average Bonchev–Trinajstić information content (AvgIpc) is 2.97. The molecule has 2 heterocycles. The van der Waals surface area contributed by atoms with Gasteiger partial charge in [-0.15, -0.1) is 11.3 Å². The number of hydrogen-bond acceptors (Lipinski definition) is 5. The van der Waals surface area contributed by atoms with Crippen LogP contribution in [0.2, 0.25) is 0 Å². The van der Waals surface area contributed by atoms with Crippen molar-refractivity contribution in [3.05, 3.63) is 35.7 Å². The summed E-state index contributed by atoms with van der Waals surface area (Å²) in [5.74, 6) is 0. The number of thiophene rings is 1. The van der Waals surface area contributed by atoms with E-state index in [2.05, 4.69) is 9.71 Å². The molecule has 0 radical (unpaired) electrons. The van der Waals surface area contributed by atoms with E-state index in [4.69, 9.17) is 18.0 Å². The van der Waals surface area contributed by atoms with Gasteiger partial charge in [0.15, 0.2) is 0 Å². The first kappa shape index (κ1) is 15.1. The Morgan fingerprint density at radius 3 is 2.90 bits per heavy atom. The molecule has 2 aromatic heterocycles. The van der Waals surface area contributed by atoms with Crippen molar-refractivity contribution in [1.29, 1.82) is 0 Å². The van der Waals surface area contributed by atoms with Crippen LogP contribution in [0.5, 0.6) is 0 Å². The predicted octanol–water partition coefficient (Wildman–Crippen LogP) is 0.946. The van der Waals surface area contributed by atoms with Gasteiger partial charge in [-0.05, 0) is 19.1 Å². The molecule has 108 valence electrons. The molecular formula is C11H14N4O2S3. The van der Waals surface area contributed by atoms with Gasteiger partial charge in [0.05, 0.1) is 11.2 Å². The van der Waals surface area contributed by atoms with E-state index >= 15 is 0 Å². The number of thiocarbonyl (C=S) groups is 1. The minimum absolute atomic E-state index is 0.197. The lowest BCUT2D eigenvalue weighted by Crippen LogP contribution is -2.35. The molecule has 2 aromatic rings. The van der Waals surface area contributed by atoms with Gasteiger partial charge in [-0.3, -0.25) is 0 Å². The van der Waals surface area contributed by atoms with Gasteiger partial charge in [0.2, 0.25) is 10.0 Å². The Kier molecular flexibility index (Phi) is 4.53. The highest BCUT2D eigenvalue weighted by Crippen LogP contribution is 2.21. The summed E-state index contributed by atoms with van der Waals surface area (Å²) in [4.78, 5) is 4.70. The highest BCUT2D eigenvalue weighted by Gasteiger charge is 2.20. The number of imidazole rings is 1.